The normalized spacial score (nSPS) is 14.6. The van der Waals surface area contributed by atoms with Gasteiger partial charge in [0.25, 0.3) is 0 Å². The summed E-state index contributed by atoms with van der Waals surface area (Å²) in [5.41, 5.74) is 1.04. The lowest BCUT2D eigenvalue weighted by Crippen LogP contribution is -2.29. The number of carbonyl (C=O) groups is 1. The highest BCUT2D eigenvalue weighted by Gasteiger charge is 2.22. The average molecular weight is 332 g/mol. The van der Waals surface area contributed by atoms with Crippen LogP contribution in [0.2, 0.25) is 5.02 Å². The first kappa shape index (κ1) is 13.8. The second kappa shape index (κ2) is 6.55. The van der Waals surface area contributed by atoms with E-state index in [9.17, 15) is 4.79 Å². The van der Waals surface area contributed by atoms with Gasteiger partial charge in [-0.15, -0.1) is 0 Å². The fraction of sp³-hybridized carbons (Fsp3) is 0.462. The van der Waals surface area contributed by atoms with Crippen LogP contribution in [-0.4, -0.2) is 18.5 Å². The quantitative estimate of drug-likeness (QED) is 0.787. The van der Waals surface area contributed by atoms with E-state index in [2.05, 4.69) is 26.6 Å². The van der Waals surface area contributed by atoms with E-state index in [1.165, 1.54) is 0 Å². The van der Waals surface area contributed by atoms with Crippen molar-refractivity contribution < 1.29 is 4.79 Å². The zero-order chi connectivity index (χ0) is 13.0. The molecular formula is C13H16BrClN2O. The van der Waals surface area contributed by atoms with Crippen LogP contribution in [0.5, 0.6) is 0 Å². The topological polar surface area (TPSA) is 41.1 Å². The van der Waals surface area contributed by atoms with E-state index in [1.54, 1.807) is 0 Å². The summed E-state index contributed by atoms with van der Waals surface area (Å²) in [5, 5.41) is 6.92. The second-order valence-corrected chi connectivity index (χ2v) is 5.83. The third-order valence-corrected chi connectivity index (χ3v) is 3.65. The SMILES string of the molecule is O=C(CCNCc1ccc(Br)cc1Cl)NC1CC1. The molecule has 98 valence electrons. The van der Waals surface area contributed by atoms with Gasteiger partial charge in [-0.3, -0.25) is 4.79 Å². The van der Waals surface area contributed by atoms with Gasteiger partial charge < -0.3 is 10.6 Å². The van der Waals surface area contributed by atoms with Gasteiger partial charge in [-0.25, -0.2) is 0 Å². The molecule has 0 bridgehead atoms. The summed E-state index contributed by atoms with van der Waals surface area (Å²) in [7, 11) is 0. The summed E-state index contributed by atoms with van der Waals surface area (Å²) >= 11 is 9.47. The smallest absolute Gasteiger partial charge is 0.221 e. The maximum absolute atomic E-state index is 11.4. The van der Waals surface area contributed by atoms with Crippen LogP contribution in [0, 0.1) is 0 Å². The van der Waals surface area contributed by atoms with E-state index in [0.717, 1.165) is 27.9 Å². The molecule has 0 aromatic heterocycles. The Morgan fingerprint density at radius 2 is 2.22 bits per heavy atom. The van der Waals surface area contributed by atoms with Gasteiger partial charge >= 0.3 is 0 Å². The van der Waals surface area contributed by atoms with E-state index in [0.29, 0.717) is 25.6 Å². The lowest BCUT2D eigenvalue weighted by molar-refractivity contribution is -0.121. The lowest BCUT2D eigenvalue weighted by Gasteiger charge is -2.07. The molecule has 1 aliphatic rings. The summed E-state index contributed by atoms with van der Waals surface area (Å²) < 4.78 is 0.972. The van der Waals surface area contributed by atoms with Gasteiger partial charge in [-0.2, -0.15) is 0 Å². The minimum Gasteiger partial charge on any atom is -0.353 e. The molecule has 0 saturated heterocycles. The Kier molecular flexibility index (Phi) is 5.03. The Hall–Kier alpha value is -0.580. The van der Waals surface area contributed by atoms with Crippen molar-refractivity contribution in [1.29, 1.82) is 0 Å². The molecule has 3 nitrogen and oxygen atoms in total. The standard InChI is InChI=1S/C13H16BrClN2O/c14-10-2-1-9(12(15)7-10)8-16-6-5-13(18)17-11-3-4-11/h1-2,7,11,16H,3-6,8H2,(H,17,18). The molecule has 0 aliphatic heterocycles. The third-order valence-electron chi connectivity index (χ3n) is 2.80. The van der Waals surface area contributed by atoms with E-state index < -0.39 is 0 Å². The van der Waals surface area contributed by atoms with Crippen molar-refractivity contribution in [3.05, 3.63) is 33.3 Å². The number of rotatable bonds is 6. The molecule has 1 saturated carbocycles. The predicted molar refractivity (Wildman–Crippen MR) is 76.6 cm³/mol. The van der Waals surface area contributed by atoms with Crippen LogP contribution in [0.15, 0.2) is 22.7 Å². The number of nitrogens with one attached hydrogen (secondary N) is 2. The summed E-state index contributed by atoms with van der Waals surface area (Å²) in [5.74, 6) is 0.131. The first-order valence-corrected chi connectivity index (χ1v) is 7.26. The van der Waals surface area contributed by atoms with Crippen molar-refractivity contribution in [2.45, 2.75) is 31.8 Å². The van der Waals surface area contributed by atoms with Crippen molar-refractivity contribution in [3.63, 3.8) is 0 Å². The number of amides is 1. The number of hydrogen-bond acceptors (Lipinski definition) is 2. The van der Waals surface area contributed by atoms with Crippen LogP contribution in [-0.2, 0) is 11.3 Å². The molecule has 0 heterocycles. The molecule has 1 aromatic rings. The van der Waals surface area contributed by atoms with Crippen molar-refractivity contribution in [1.82, 2.24) is 10.6 Å². The molecule has 1 amide bonds. The third kappa shape index (κ3) is 4.59. The Morgan fingerprint density at radius 3 is 2.89 bits per heavy atom. The zero-order valence-electron chi connectivity index (χ0n) is 10.0. The van der Waals surface area contributed by atoms with Crippen molar-refractivity contribution in [2.24, 2.45) is 0 Å². The molecular weight excluding hydrogens is 316 g/mol. The van der Waals surface area contributed by atoms with Crippen molar-refractivity contribution in [2.75, 3.05) is 6.54 Å². The summed E-state index contributed by atoms with van der Waals surface area (Å²) in [6, 6.07) is 6.25. The van der Waals surface area contributed by atoms with Crippen LogP contribution in [0.25, 0.3) is 0 Å². The number of carbonyl (C=O) groups excluding carboxylic acids is 1. The highest BCUT2D eigenvalue weighted by molar-refractivity contribution is 9.10. The monoisotopic (exact) mass is 330 g/mol. The molecule has 1 aliphatic carbocycles. The number of halogens is 2. The van der Waals surface area contributed by atoms with Crippen molar-refractivity contribution in [3.8, 4) is 0 Å². The fourth-order valence-corrected chi connectivity index (χ4v) is 2.36. The fourth-order valence-electron chi connectivity index (χ4n) is 1.62. The average Bonchev–Trinajstić information content (AvgIpc) is 3.10. The van der Waals surface area contributed by atoms with Crippen LogP contribution >= 0.6 is 27.5 Å². The van der Waals surface area contributed by atoms with Crippen molar-refractivity contribution >= 4 is 33.4 Å². The molecule has 1 fully saturated rings. The van der Waals surface area contributed by atoms with E-state index in [1.807, 2.05) is 18.2 Å². The Labute approximate surface area is 120 Å². The lowest BCUT2D eigenvalue weighted by atomic mass is 10.2. The number of hydrogen-bond donors (Lipinski definition) is 2. The predicted octanol–water partition coefficient (Wildman–Crippen LogP) is 2.86. The Morgan fingerprint density at radius 1 is 1.44 bits per heavy atom. The Balaban J connectivity index is 1.66. The van der Waals surface area contributed by atoms with Crippen LogP contribution in [0.4, 0.5) is 0 Å². The molecule has 0 atom stereocenters. The first-order chi connectivity index (χ1) is 8.65. The minimum atomic E-state index is 0.131. The van der Waals surface area contributed by atoms with Crippen LogP contribution in [0.3, 0.4) is 0 Å². The van der Waals surface area contributed by atoms with E-state index >= 15 is 0 Å². The maximum Gasteiger partial charge on any atom is 0.221 e. The van der Waals surface area contributed by atoms with Gasteiger partial charge in [-0.05, 0) is 30.5 Å². The van der Waals surface area contributed by atoms with Gasteiger partial charge in [0, 0.05) is 35.0 Å². The molecule has 0 spiro atoms. The molecule has 2 N–H and O–H groups in total. The largest absolute Gasteiger partial charge is 0.353 e. The molecule has 5 heteroatoms. The second-order valence-electron chi connectivity index (χ2n) is 4.50. The highest BCUT2D eigenvalue weighted by atomic mass is 79.9. The highest BCUT2D eigenvalue weighted by Crippen LogP contribution is 2.21. The summed E-state index contributed by atoms with van der Waals surface area (Å²) in [4.78, 5) is 11.4. The summed E-state index contributed by atoms with van der Waals surface area (Å²) in [6.07, 6.45) is 2.78. The molecule has 0 radical (unpaired) electrons. The molecule has 1 aromatic carbocycles. The minimum absolute atomic E-state index is 0.131. The van der Waals surface area contributed by atoms with Crippen LogP contribution in [0.1, 0.15) is 24.8 Å². The maximum atomic E-state index is 11.4. The molecule has 2 rings (SSSR count). The van der Waals surface area contributed by atoms with Gasteiger partial charge in [0.2, 0.25) is 5.91 Å². The molecule has 0 unspecified atom stereocenters. The van der Waals surface area contributed by atoms with Gasteiger partial charge in [0.05, 0.1) is 0 Å². The Bertz CT molecular complexity index is 435. The van der Waals surface area contributed by atoms with Crippen LogP contribution < -0.4 is 10.6 Å². The molecule has 18 heavy (non-hydrogen) atoms. The number of benzene rings is 1. The van der Waals surface area contributed by atoms with Gasteiger partial charge in [0.15, 0.2) is 0 Å². The van der Waals surface area contributed by atoms with Gasteiger partial charge in [-0.1, -0.05) is 33.6 Å². The van der Waals surface area contributed by atoms with Gasteiger partial charge in [0.1, 0.15) is 0 Å². The zero-order valence-corrected chi connectivity index (χ0v) is 12.4. The first-order valence-electron chi connectivity index (χ1n) is 6.09. The van der Waals surface area contributed by atoms with E-state index in [-0.39, 0.29) is 5.91 Å². The summed E-state index contributed by atoms with van der Waals surface area (Å²) in [6.45, 7) is 1.35. The van der Waals surface area contributed by atoms with E-state index in [4.69, 9.17) is 11.6 Å².